The van der Waals surface area contributed by atoms with E-state index in [9.17, 15) is 17.9 Å². The molecule has 4 aromatic rings. The second-order valence-electron chi connectivity index (χ2n) is 8.80. The number of anilines is 1. The molecule has 1 saturated carbocycles. The van der Waals surface area contributed by atoms with Gasteiger partial charge >= 0.3 is 0 Å². The molecule has 8 nitrogen and oxygen atoms in total. The number of halogens is 2. The number of fused-ring (bicyclic) bond motifs is 1. The molecule has 1 amide bonds. The number of nitrogens with two attached hydrogens (primary N) is 1. The molecule has 3 heterocycles. The van der Waals surface area contributed by atoms with Crippen molar-refractivity contribution in [1.82, 2.24) is 14.6 Å². The maximum Gasteiger partial charge on any atom is 0.253 e. The van der Waals surface area contributed by atoms with E-state index < -0.39 is 23.0 Å². The molecule has 11 heteroatoms. The molecule has 186 valence electrons. The number of aromatic nitrogens is 3. The normalized spacial score (nSPS) is 14.2. The lowest BCUT2D eigenvalue weighted by Crippen LogP contribution is -2.29. The lowest BCUT2D eigenvalue weighted by Gasteiger charge is -2.28. The molecule has 5 rings (SSSR count). The largest absolute Gasteiger partial charge is 0.755 e. The van der Waals surface area contributed by atoms with Gasteiger partial charge in [0, 0.05) is 35.8 Å². The highest BCUT2D eigenvalue weighted by molar-refractivity contribution is 9.10. The van der Waals surface area contributed by atoms with Crippen LogP contribution >= 0.6 is 15.9 Å². The molecule has 1 unspecified atom stereocenters. The Labute approximate surface area is 217 Å². The summed E-state index contributed by atoms with van der Waals surface area (Å²) in [4.78, 5) is 16.5. The van der Waals surface area contributed by atoms with E-state index in [0.717, 1.165) is 18.4 Å². The Bertz CT molecular complexity index is 1480. The number of hydrogen-bond donors (Lipinski definition) is 1. The van der Waals surface area contributed by atoms with Crippen molar-refractivity contribution >= 4 is 44.3 Å². The van der Waals surface area contributed by atoms with E-state index in [0.29, 0.717) is 51.3 Å². The number of nitrogens with zero attached hydrogens (tertiary/aromatic N) is 4. The standard InChI is InChI=1S/C25H23BrFN5O3S/c26-19-4-3-16(12-20(19)27)7-10-32(36(34)35)22-14-31-21(13-18(22)11-15-1-2-15)23(25(28)33)24(30-31)17-5-8-29-9-6-17/h3-6,8-9,12-15H,1-2,7,10-11H2,(H2,28,33)(H,34,35)/p-1. The molecule has 1 atom stereocenters. The molecule has 1 fully saturated rings. The van der Waals surface area contributed by atoms with Crippen LogP contribution in [0.3, 0.4) is 0 Å². The van der Waals surface area contributed by atoms with Gasteiger partial charge in [0.2, 0.25) is 0 Å². The van der Waals surface area contributed by atoms with Gasteiger partial charge in [-0.05, 0) is 89.0 Å². The fourth-order valence-electron chi connectivity index (χ4n) is 4.30. The summed E-state index contributed by atoms with van der Waals surface area (Å²) in [6.07, 6.45) is 7.93. The van der Waals surface area contributed by atoms with Crippen molar-refractivity contribution in [2.45, 2.75) is 25.7 Å². The van der Waals surface area contributed by atoms with Gasteiger partial charge in [-0.2, -0.15) is 5.10 Å². The van der Waals surface area contributed by atoms with E-state index in [4.69, 9.17) is 5.73 Å². The highest BCUT2D eigenvalue weighted by Gasteiger charge is 2.27. The van der Waals surface area contributed by atoms with E-state index in [1.165, 1.54) is 14.9 Å². The van der Waals surface area contributed by atoms with Crippen molar-refractivity contribution < 1.29 is 17.9 Å². The Balaban J connectivity index is 1.59. The van der Waals surface area contributed by atoms with Gasteiger partial charge in [-0.1, -0.05) is 6.07 Å². The summed E-state index contributed by atoms with van der Waals surface area (Å²) in [7, 11) is 0. The number of pyridine rings is 2. The van der Waals surface area contributed by atoms with Crippen LogP contribution in [0.25, 0.3) is 16.8 Å². The molecule has 1 aliphatic rings. The molecular formula is C25H22BrFN5O3S-. The molecule has 0 saturated heterocycles. The molecule has 3 aromatic heterocycles. The monoisotopic (exact) mass is 570 g/mol. The number of hydrogen-bond acceptors (Lipinski definition) is 5. The lowest BCUT2D eigenvalue weighted by molar-refractivity contribution is 0.100. The quantitative estimate of drug-likeness (QED) is 0.303. The highest BCUT2D eigenvalue weighted by Crippen LogP contribution is 2.37. The fourth-order valence-corrected chi connectivity index (χ4v) is 5.11. The Morgan fingerprint density at radius 2 is 2.00 bits per heavy atom. The molecule has 1 aromatic carbocycles. The van der Waals surface area contributed by atoms with Gasteiger partial charge in [-0.15, -0.1) is 0 Å². The Kier molecular flexibility index (Phi) is 6.87. The Morgan fingerprint density at radius 1 is 1.25 bits per heavy atom. The molecule has 1 aliphatic carbocycles. The van der Waals surface area contributed by atoms with E-state index in [-0.39, 0.29) is 12.1 Å². The number of primary amides is 1. The molecule has 0 radical (unpaired) electrons. The maximum absolute atomic E-state index is 14.0. The van der Waals surface area contributed by atoms with E-state index in [1.54, 1.807) is 42.9 Å². The number of rotatable bonds is 9. The molecule has 2 N–H and O–H groups in total. The predicted molar refractivity (Wildman–Crippen MR) is 137 cm³/mol. The van der Waals surface area contributed by atoms with Crippen molar-refractivity contribution in [2.75, 3.05) is 10.8 Å². The van der Waals surface area contributed by atoms with Gasteiger partial charge < -0.3 is 14.6 Å². The van der Waals surface area contributed by atoms with Crippen LogP contribution in [0.5, 0.6) is 0 Å². The van der Waals surface area contributed by atoms with Gasteiger partial charge in [0.15, 0.2) is 0 Å². The van der Waals surface area contributed by atoms with Gasteiger partial charge in [0.05, 0.1) is 27.4 Å². The first-order valence-electron chi connectivity index (χ1n) is 11.4. The van der Waals surface area contributed by atoms with Gasteiger partial charge in [-0.25, -0.2) is 8.91 Å². The van der Waals surface area contributed by atoms with E-state index in [1.807, 2.05) is 6.07 Å². The minimum atomic E-state index is -2.59. The lowest BCUT2D eigenvalue weighted by atomic mass is 10.0. The third-order valence-electron chi connectivity index (χ3n) is 6.27. The minimum absolute atomic E-state index is 0.113. The molecule has 36 heavy (non-hydrogen) atoms. The third-order valence-corrected chi connectivity index (χ3v) is 7.66. The average molecular weight is 571 g/mol. The van der Waals surface area contributed by atoms with Crippen molar-refractivity contribution in [3.63, 3.8) is 0 Å². The van der Waals surface area contributed by atoms with E-state index in [2.05, 4.69) is 26.0 Å². The summed E-state index contributed by atoms with van der Waals surface area (Å²) in [6.45, 7) is 0.113. The van der Waals surface area contributed by atoms with Crippen LogP contribution < -0.4 is 10.0 Å². The summed E-state index contributed by atoms with van der Waals surface area (Å²) in [5.74, 6) is -0.575. The number of amides is 1. The minimum Gasteiger partial charge on any atom is -0.755 e. The maximum atomic E-state index is 14.0. The van der Waals surface area contributed by atoms with Crippen molar-refractivity contribution in [2.24, 2.45) is 11.7 Å². The summed E-state index contributed by atoms with van der Waals surface area (Å²) in [5, 5.41) is 4.59. The molecule has 0 spiro atoms. The van der Waals surface area contributed by atoms with Crippen molar-refractivity contribution in [3.05, 3.63) is 82.0 Å². The Hall–Kier alpha value is -3.15. The van der Waals surface area contributed by atoms with Crippen LogP contribution in [-0.2, 0) is 24.1 Å². The van der Waals surface area contributed by atoms with Crippen LogP contribution in [0.4, 0.5) is 10.1 Å². The van der Waals surface area contributed by atoms with Crippen LogP contribution in [0.1, 0.15) is 34.3 Å². The van der Waals surface area contributed by atoms with Crippen LogP contribution in [0, 0.1) is 11.7 Å². The van der Waals surface area contributed by atoms with Crippen LogP contribution in [-0.4, -0.2) is 35.8 Å². The first-order chi connectivity index (χ1) is 17.3. The van der Waals surface area contributed by atoms with Gasteiger partial charge in [0.25, 0.3) is 5.91 Å². The van der Waals surface area contributed by atoms with E-state index >= 15 is 0 Å². The second kappa shape index (κ2) is 10.1. The smallest absolute Gasteiger partial charge is 0.253 e. The fraction of sp³-hybridized carbons (Fsp3) is 0.240. The van der Waals surface area contributed by atoms with Crippen molar-refractivity contribution in [3.8, 4) is 11.3 Å². The molecule has 0 aliphatic heterocycles. The summed E-state index contributed by atoms with van der Waals surface area (Å²) in [6, 6.07) is 10.0. The van der Waals surface area contributed by atoms with Gasteiger partial charge in [-0.3, -0.25) is 14.0 Å². The third kappa shape index (κ3) is 5.04. The number of carbonyl (C=O) groups excluding carboxylic acids is 1. The number of benzene rings is 1. The predicted octanol–water partition coefficient (Wildman–Crippen LogP) is 4.19. The SMILES string of the molecule is NC(=O)c1c(-c2ccncc2)nn2cc(N(CCc3ccc(Br)c(F)c3)S(=O)[O-])c(CC3CC3)cc12. The highest BCUT2D eigenvalue weighted by atomic mass is 79.9. The Morgan fingerprint density at radius 3 is 2.64 bits per heavy atom. The summed E-state index contributed by atoms with van der Waals surface area (Å²) < 4.78 is 41.8. The van der Waals surface area contributed by atoms with Crippen LogP contribution in [0.15, 0.2) is 59.5 Å². The summed E-state index contributed by atoms with van der Waals surface area (Å²) in [5.41, 5.74) is 9.55. The molecule has 0 bridgehead atoms. The van der Waals surface area contributed by atoms with Crippen LogP contribution in [0.2, 0.25) is 0 Å². The first kappa shape index (κ1) is 24.5. The second-order valence-corrected chi connectivity index (χ2v) is 10.5. The zero-order valence-corrected chi connectivity index (χ0v) is 21.5. The first-order valence-corrected chi connectivity index (χ1v) is 13.2. The molecular weight excluding hydrogens is 549 g/mol. The van der Waals surface area contributed by atoms with Gasteiger partial charge in [0.1, 0.15) is 11.5 Å². The zero-order valence-electron chi connectivity index (χ0n) is 19.1. The zero-order chi connectivity index (χ0) is 25.4. The topological polar surface area (TPSA) is 117 Å². The van der Waals surface area contributed by atoms with Crippen molar-refractivity contribution in [1.29, 1.82) is 0 Å². The summed E-state index contributed by atoms with van der Waals surface area (Å²) >= 11 is 0.546. The average Bonchev–Trinajstić information content (AvgIpc) is 3.59. The number of carbonyl (C=O) groups is 1.